The predicted octanol–water partition coefficient (Wildman–Crippen LogP) is 3.19. The highest BCUT2D eigenvalue weighted by Gasteiger charge is 2.16. The first-order chi connectivity index (χ1) is 12.6. The average Bonchev–Trinajstić information content (AvgIpc) is 3.32. The van der Waals surface area contributed by atoms with Crippen LogP contribution in [0.3, 0.4) is 0 Å². The smallest absolute Gasteiger partial charge is 0.128 e. The molecule has 2 heterocycles. The zero-order chi connectivity index (χ0) is 18.1. The molecule has 0 spiro atoms. The lowest BCUT2D eigenvalue weighted by molar-refractivity contribution is 0.610. The van der Waals surface area contributed by atoms with E-state index in [4.69, 9.17) is 0 Å². The quantitative estimate of drug-likeness (QED) is 0.568. The Morgan fingerprint density at radius 1 is 0.808 bits per heavy atom. The summed E-state index contributed by atoms with van der Waals surface area (Å²) in [5.41, 5.74) is 5.18. The van der Waals surface area contributed by atoms with Gasteiger partial charge in [0.15, 0.2) is 0 Å². The summed E-state index contributed by atoms with van der Waals surface area (Å²) in [7, 11) is 0. The maximum Gasteiger partial charge on any atom is 0.128 e. The highest BCUT2D eigenvalue weighted by Crippen LogP contribution is 2.26. The van der Waals surface area contributed by atoms with E-state index in [2.05, 4.69) is 26.5 Å². The van der Waals surface area contributed by atoms with Crippen LogP contribution in [0.1, 0.15) is 22.3 Å². The fourth-order valence-electron chi connectivity index (χ4n) is 3.08. The second-order valence-electron chi connectivity index (χ2n) is 6.13. The molecule has 0 bridgehead atoms. The molecule has 4 aromatic rings. The molecule has 0 fully saturated rings. The number of benzene rings is 2. The minimum absolute atomic E-state index is 0.278. The Bertz CT molecular complexity index is 1040. The number of halogens is 1. The van der Waals surface area contributed by atoms with E-state index in [0.29, 0.717) is 17.7 Å². The molecule has 2 aromatic heterocycles. The molecule has 0 saturated carbocycles. The zero-order valence-corrected chi connectivity index (χ0v) is 14.5. The molecule has 0 radical (unpaired) electrons. The van der Waals surface area contributed by atoms with Crippen molar-refractivity contribution in [2.45, 2.75) is 20.3 Å². The average molecular weight is 348 g/mol. The first-order valence-corrected chi connectivity index (χ1v) is 8.24. The SMILES string of the molecule is Cc1ccc(-n2nccn2)c(Cc2ccc(F)c(C)c2-n2nccn2)c1. The highest BCUT2D eigenvalue weighted by atomic mass is 19.1. The van der Waals surface area contributed by atoms with Crippen LogP contribution in [0, 0.1) is 19.7 Å². The molecule has 4 rings (SSSR count). The van der Waals surface area contributed by atoms with Crippen molar-refractivity contribution in [2.24, 2.45) is 0 Å². The molecule has 0 N–H and O–H groups in total. The third-order valence-electron chi connectivity index (χ3n) is 4.32. The molecular weight excluding hydrogens is 331 g/mol. The van der Waals surface area contributed by atoms with E-state index in [0.717, 1.165) is 22.4 Å². The lowest BCUT2D eigenvalue weighted by Gasteiger charge is -2.15. The third-order valence-corrected chi connectivity index (χ3v) is 4.32. The van der Waals surface area contributed by atoms with Crippen molar-refractivity contribution in [2.75, 3.05) is 0 Å². The van der Waals surface area contributed by atoms with E-state index in [1.165, 1.54) is 10.9 Å². The van der Waals surface area contributed by atoms with E-state index >= 15 is 0 Å². The molecular formula is C19H17FN6. The van der Waals surface area contributed by atoms with Crippen LogP contribution in [0.4, 0.5) is 4.39 Å². The van der Waals surface area contributed by atoms with Crippen LogP contribution in [0.15, 0.2) is 55.1 Å². The number of rotatable bonds is 4. The van der Waals surface area contributed by atoms with Gasteiger partial charge in [0, 0.05) is 12.0 Å². The minimum atomic E-state index is -0.278. The molecule has 130 valence electrons. The van der Waals surface area contributed by atoms with Gasteiger partial charge in [-0.1, -0.05) is 23.8 Å². The first-order valence-electron chi connectivity index (χ1n) is 8.24. The molecule has 0 saturated heterocycles. The molecule has 7 heteroatoms. The summed E-state index contributed by atoms with van der Waals surface area (Å²) in [4.78, 5) is 3.06. The van der Waals surface area contributed by atoms with Gasteiger partial charge in [-0.2, -0.15) is 30.0 Å². The van der Waals surface area contributed by atoms with Crippen molar-refractivity contribution >= 4 is 0 Å². The van der Waals surface area contributed by atoms with E-state index in [9.17, 15) is 4.39 Å². The molecule has 0 aliphatic heterocycles. The molecule has 26 heavy (non-hydrogen) atoms. The molecule has 0 aliphatic carbocycles. The molecule has 0 amide bonds. The predicted molar refractivity (Wildman–Crippen MR) is 95.0 cm³/mol. The molecule has 0 atom stereocenters. The standard InChI is InChI=1S/C19H17FN6/c1-13-3-6-18(25-21-7-8-22-25)16(11-13)12-15-4-5-17(20)14(2)19(15)26-23-9-10-24-26/h3-11H,12H2,1-2H3. The van der Waals surface area contributed by atoms with Crippen molar-refractivity contribution in [3.63, 3.8) is 0 Å². The number of hydrogen-bond donors (Lipinski definition) is 0. The van der Waals surface area contributed by atoms with E-state index in [1.807, 2.05) is 19.1 Å². The van der Waals surface area contributed by atoms with Crippen molar-refractivity contribution in [1.29, 1.82) is 0 Å². The fraction of sp³-hybridized carbons (Fsp3) is 0.158. The topological polar surface area (TPSA) is 61.4 Å². The monoisotopic (exact) mass is 348 g/mol. The van der Waals surface area contributed by atoms with Crippen LogP contribution in [0.25, 0.3) is 11.4 Å². The summed E-state index contributed by atoms with van der Waals surface area (Å²) in [6.07, 6.45) is 7.03. The van der Waals surface area contributed by atoms with Crippen molar-refractivity contribution in [3.05, 3.63) is 83.2 Å². The van der Waals surface area contributed by atoms with E-state index < -0.39 is 0 Å². The summed E-state index contributed by atoms with van der Waals surface area (Å²) >= 11 is 0. The minimum Gasteiger partial charge on any atom is -0.207 e. The lowest BCUT2D eigenvalue weighted by atomic mass is 9.98. The van der Waals surface area contributed by atoms with Crippen LogP contribution in [0.2, 0.25) is 0 Å². The molecule has 2 aromatic carbocycles. The Labute approximate surface area is 149 Å². The second kappa shape index (κ2) is 6.51. The number of nitrogens with zero attached hydrogens (tertiary/aromatic N) is 6. The summed E-state index contributed by atoms with van der Waals surface area (Å²) in [5, 5.41) is 16.9. The van der Waals surface area contributed by atoms with E-state index in [1.54, 1.807) is 42.6 Å². The van der Waals surface area contributed by atoms with Crippen molar-refractivity contribution in [3.8, 4) is 11.4 Å². The van der Waals surface area contributed by atoms with Crippen molar-refractivity contribution in [1.82, 2.24) is 30.0 Å². The number of hydrogen-bond acceptors (Lipinski definition) is 4. The Kier molecular flexibility index (Phi) is 4.04. The summed E-state index contributed by atoms with van der Waals surface area (Å²) in [6, 6.07) is 9.38. The Morgan fingerprint density at radius 2 is 1.46 bits per heavy atom. The lowest BCUT2D eigenvalue weighted by Crippen LogP contribution is -2.10. The maximum absolute atomic E-state index is 14.2. The van der Waals surface area contributed by atoms with Crippen LogP contribution >= 0.6 is 0 Å². The van der Waals surface area contributed by atoms with Gasteiger partial charge in [-0.3, -0.25) is 0 Å². The van der Waals surface area contributed by atoms with Gasteiger partial charge < -0.3 is 0 Å². The molecule has 6 nitrogen and oxygen atoms in total. The summed E-state index contributed by atoms with van der Waals surface area (Å²) in [5.74, 6) is -0.278. The van der Waals surface area contributed by atoms with Crippen LogP contribution in [0.5, 0.6) is 0 Å². The van der Waals surface area contributed by atoms with Crippen LogP contribution < -0.4 is 0 Å². The Morgan fingerprint density at radius 3 is 2.15 bits per heavy atom. The summed E-state index contributed by atoms with van der Waals surface area (Å²) in [6.45, 7) is 3.78. The van der Waals surface area contributed by atoms with Gasteiger partial charge in [0.05, 0.1) is 36.2 Å². The summed E-state index contributed by atoms with van der Waals surface area (Å²) < 4.78 is 14.2. The normalized spacial score (nSPS) is 11.0. The van der Waals surface area contributed by atoms with Crippen LogP contribution in [-0.2, 0) is 6.42 Å². The maximum atomic E-state index is 14.2. The number of aryl methyl sites for hydroxylation is 1. The molecule has 0 unspecified atom stereocenters. The molecule has 0 aliphatic rings. The van der Waals surface area contributed by atoms with Gasteiger partial charge in [-0.05, 0) is 37.1 Å². The van der Waals surface area contributed by atoms with Gasteiger partial charge in [0.25, 0.3) is 0 Å². The van der Waals surface area contributed by atoms with Gasteiger partial charge in [0.1, 0.15) is 5.82 Å². The largest absolute Gasteiger partial charge is 0.207 e. The Hall–Kier alpha value is -3.35. The first kappa shape index (κ1) is 16.1. The highest BCUT2D eigenvalue weighted by molar-refractivity contribution is 5.52. The Balaban J connectivity index is 1.85. The fourth-order valence-corrected chi connectivity index (χ4v) is 3.08. The van der Waals surface area contributed by atoms with Crippen LogP contribution in [-0.4, -0.2) is 30.0 Å². The van der Waals surface area contributed by atoms with Gasteiger partial charge in [-0.25, -0.2) is 4.39 Å². The number of aromatic nitrogens is 6. The van der Waals surface area contributed by atoms with Gasteiger partial charge in [-0.15, -0.1) is 0 Å². The van der Waals surface area contributed by atoms with Crippen molar-refractivity contribution < 1.29 is 4.39 Å². The zero-order valence-electron chi connectivity index (χ0n) is 14.5. The van der Waals surface area contributed by atoms with Gasteiger partial charge >= 0.3 is 0 Å². The second-order valence-corrected chi connectivity index (χ2v) is 6.13. The third kappa shape index (κ3) is 2.88. The van der Waals surface area contributed by atoms with E-state index in [-0.39, 0.29) is 5.82 Å². The van der Waals surface area contributed by atoms with Gasteiger partial charge in [0.2, 0.25) is 0 Å².